The standard InChI is InChI=1S/C18H23N3O3/c22-16(11-15-17(23)21-18(24)20-15)19-14-9-5-4-8-13(14)10-12-6-2-1-3-7-12/h1-3,6-7,13-15H,4-5,8-11H2,(H,19,22)(H2,20,21,23,24)/t13-,14+,15-/m0/s1. The van der Waals surface area contributed by atoms with Gasteiger partial charge in [-0.2, -0.15) is 0 Å². The second kappa shape index (κ2) is 7.47. The van der Waals surface area contributed by atoms with E-state index in [1.54, 1.807) is 0 Å². The number of imide groups is 1. The van der Waals surface area contributed by atoms with Crippen molar-refractivity contribution in [1.29, 1.82) is 0 Å². The first-order chi connectivity index (χ1) is 11.6. The summed E-state index contributed by atoms with van der Waals surface area (Å²) in [4.78, 5) is 34.9. The summed E-state index contributed by atoms with van der Waals surface area (Å²) < 4.78 is 0. The van der Waals surface area contributed by atoms with Crippen molar-refractivity contribution in [1.82, 2.24) is 16.0 Å². The Bertz CT molecular complexity index is 617. The predicted molar refractivity (Wildman–Crippen MR) is 89.1 cm³/mol. The van der Waals surface area contributed by atoms with Crippen molar-refractivity contribution in [2.45, 2.75) is 50.6 Å². The highest BCUT2D eigenvalue weighted by Gasteiger charge is 2.33. The van der Waals surface area contributed by atoms with Gasteiger partial charge in [0.1, 0.15) is 6.04 Å². The highest BCUT2D eigenvalue weighted by molar-refractivity contribution is 6.05. The third-order valence-corrected chi connectivity index (χ3v) is 4.84. The molecule has 6 heteroatoms. The number of amides is 4. The van der Waals surface area contributed by atoms with E-state index in [0.717, 1.165) is 25.7 Å². The normalized spacial score (nSPS) is 26.6. The van der Waals surface area contributed by atoms with E-state index in [2.05, 4.69) is 28.1 Å². The average molecular weight is 329 g/mol. The molecule has 128 valence electrons. The third kappa shape index (κ3) is 4.13. The lowest BCUT2D eigenvalue weighted by molar-refractivity contribution is -0.127. The van der Waals surface area contributed by atoms with Crippen molar-refractivity contribution >= 4 is 17.8 Å². The lowest BCUT2D eigenvalue weighted by Crippen LogP contribution is -2.45. The quantitative estimate of drug-likeness (QED) is 0.716. The van der Waals surface area contributed by atoms with E-state index in [9.17, 15) is 14.4 Å². The van der Waals surface area contributed by atoms with Gasteiger partial charge >= 0.3 is 6.03 Å². The summed E-state index contributed by atoms with van der Waals surface area (Å²) in [6, 6.07) is 9.15. The summed E-state index contributed by atoms with van der Waals surface area (Å²) in [6.45, 7) is 0. The number of nitrogens with one attached hydrogen (secondary N) is 3. The van der Waals surface area contributed by atoms with Crippen LogP contribution in [0.2, 0.25) is 0 Å². The maximum Gasteiger partial charge on any atom is 0.322 e. The summed E-state index contributed by atoms with van der Waals surface area (Å²) >= 11 is 0. The van der Waals surface area contributed by atoms with Crippen molar-refractivity contribution in [3.8, 4) is 0 Å². The molecule has 3 rings (SSSR count). The van der Waals surface area contributed by atoms with Crippen LogP contribution in [0.5, 0.6) is 0 Å². The van der Waals surface area contributed by atoms with E-state index < -0.39 is 18.0 Å². The van der Waals surface area contributed by atoms with Crippen molar-refractivity contribution in [2.24, 2.45) is 5.92 Å². The van der Waals surface area contributed by atoms with Gasteiger partial charge in [-0.3, -0.25) is 14.9 Å². The van der Waals surface area contributed by atoms with E-state index in [0.29, 0.717) is 5.92 Å². The van der Waals surface area contributed by atoms with Gasteiger partial charge in [-0.15, -0.1) is 0 Å². The number of carbonyl (C=O) groups is 3. The smallest absolute Gasteiger partial charge is 0.322 e. The largest absolute Gasteiger partial charge is 0.353 e. The first-order valence-electron chi connectivity index (χ1n) is 8.56. The van der Waals surface area contributed by atoms with Crippen LogP contribution in [0.3, 0.4) is 0 Å². The third-order valence-electron chi connectivity index (χ3n) is 4.84. The van der Waals surface area contributed by atoms with Crippen LogP contribution in [0.15, 0.2) is 30.3 Å². The van der Waals surface area contributed by atoms with Crippen molar-refractivity contribution in [2.75, 3.05) is 0 Å². The Morgan fingerprint density at radius 2 is 1.88 bits per heavy atom. The molecule has 2 aliphatic rings. The zero-order valence-corrected chi connectivity index (χ0v) is 13.6. The number of hydrogen-bond acceptors (Lipinski definition) is 3. The molecule has 1 saturated carbocycles. The minimum atomic E-state index is -0.756. The van der Waals surface area contributed by atoms with Gasteiger partial charge in [0.05, 0.1) is 6.42 Å². The molecule has 3 N–H and O–H groups in total. The number of benzene rings is 1. The fraction of sp³-hybridized carbons (Fsp3) is 0.500. The predicted octanol–water partition coefficient (Wildman–Crippen LogP) is 1.50. The van der Waals surface area contributed by atoms with Gasteiger partial charge in [-0.1, -0.05) is 43.2 Å². The van der Waals surface area contributed by atoms with Gasteiger partial charge in [-0.05, 0) is 30.7 Å². The highest BCUT2D eigenvalue weighted by atomic mass is 16.2. The topological polar surface area (TPSA) is 87.3 Å². The average Bonchev–Trinajstić information content (AvgIpc) is 2.87. The molecule has 2 fully saturated rings. The zero-order valence-electron chi connectivity index (χ0n) is 13.6. The fourth-order valence-corrected chi connectivity index (χ4v) is 3.61. The van der Waals surface area contributed by atoms with E-state index >= 15 is 0 Å². The highest BCUT2D eigenvalue weighted by Crippen LogP contribution is 2.27. The molecule has 1 aromatic rings. The van der Waals surface area contributed by atoms with Gasteiger partial charge < -0.3 is 10.6 Å². The summed E-state index contributed by atoms with van der Waals surface area (Å²) in [7, 11) is 0. The molecule has 0 aromatic heterocycles. The first kappa shape index (κ1) is 16.5. The van der Waals surface area contributed by atoms with Gasteiger partial charge in [0, 0.05) is 6.04 Å². The van der Waals surface area contributed by atoms with Crippen molar-refractivity contribution < 1.29 is 14.4 Å². The van der Waals surface area contributed by atoms with Crippen molar-refractivity contribution in [3.05, 3.63) is 35.9 Å². The fourth-order valence-electron chi connectivity index (χ4n) is 3.61. The molecule has 0 spiro atoms. The van der Waals surface area contributed by atoms with Gasteiger partial charge in [-0.25, -0.2) is 4.79 Å². The van der Waals surface area contributed by atoms with Gasteiger partial charge in [0.15, 0.2) is 0 Å². The molecule has 1 saturated heterocycles. The summed E-state index contributed by atoms with van der Waals surface area (Å²) in [5.41, 5.74) is 1.28. The Morgan fingerprint density at radius 1 is 1.12 bits per heavy atom. The maximum absolute atomic E-state index is 12.3. The minimum Gasteiger partial charge on any atom is -0.353 e. The molecular formula is C18H23N3O3. The molecule has 0 bridgehead atoms. The lowest BCUT2D eigenvalue weighted by atomic mass is 9.80. The second-order valence-electron chi connectivity index (χ2n) is 6.63. The molecule has 3 atom stereocenters. The maximum atomic E-state index is 12.3. The van der Waals surface area contributed by atoms with E-state index in [-0.39, 0.29) is 18.4 Å². The molecule has 1 aliphatic carbocycles. The molecule has 1 aliphatic heterocycles. The summed E-state index contributed by atoms with van der Waals surface area (Å²) in [5, 5.41) is 7.69. The Kier molecular flexibility index (Phi) is 5.13. The van der Waals surface area contributed by atoms with Gasteiger partial charge in [0.2, 0.25) is 5.91 Å². The van der Waals surface area contributed by atoms with Crippen LogP contribution >= 0.6 is 0 Å². The number of urea groups is 1. The molecule has 1 aromatic carbocycles. The summed E-state index contributed by atoms with van der Waals surface area (Å²) in [6.07, 6.45) is 5.30. The Balaban J connectivity index is 1.56. The summed E-state index contributed by atoms with van der Waals surface area (Å²) in [5.74, 6) is -0.195. The van der Waals surface area contributed by atoms with Crippen LogP contribution in [0.25, 0.3) is 0 Å². The molecule has 6 nitrogen and oxygen atoms in total. The monoisotopic (exact) mass is 329 g/mol. The zero-order chi connectivity index (χ0) is 16.9. The number of carbonyl (C=O) groups excluding carboxylic acids is 3. The Labute approximate surface area is 141 Å². The van der Waals surface area contributed by atoms with Crippen LogP contribution < -0.4 is 16.0 Å². The first-order valence-corrected chi connectivity index (χ1v) is 8.56. The van der Waals surface area contributed by atoms with Crippen LogP contribution in [-0.2, 0) is 16.0 Å². The minimum absolute atomic E-state index is 0.00781. The molecule has 0 radical (unpaired) electrons. The molecule has 4 amide bonds. The van der Waals surface area contributed by atoms with Crippen LogP contribution in [0, 0.1) is 5.92 Å². The molecule has 0 unspecified atom stereocenters. The van der Waals surface area contributed by atoms with Gasteiger partial charge in [0.25, 0.3) is 5.91 Å². The molecule has 1 heterocycles. The van der Waals surface area contributed by atoms with E-state index in [1.165, 1.54) is 12.0 Å². The SMILES string of the molecule is O=C(C[C@@H]1NC(=O)NC1=O)N[C@@H]1CCCC[C@H]1Cc1ccccc1. The number of rotatable bonds is 5. The van der Waals surface area contributed by atoms with E-state index in [1.807, 2.05) is 18.2 Å². The molecule has 24 heavy (non-hydrogen) atoms. The molecular weight excluding hydrogens is 306 g/mol. The van der Waals surface area contributed by atoms with Crippen molar-refractivity contribution in [3.63, 3.8) is 0 Å². The van der Waals surface area contributed by atoms with Crippen LogP contribution in [0.1, 0.15) is 37.7 Å². The van der Waals surface area contributed by atoms with Crippen LogP contribution in [0.4, 0.5) is 4.79 Å². The van der Waals surface area contributed by atoms with Crippen LogP contribution in [-0.4, -0.2) is 29.9 Å². The number of hydrogen-bond donors (Lipinski definition) is 3. The van der Waals surface area contributed by atoms with E-state index in [4.69, 9.17) is 0 Å². The second-order valence-corrected chi connectivity index (χ2v) is 6.63. The Morgan fingerprint density at radius 3 is 2.58 bits per heavy atom. The lowest BCUT2D eigenvalue weighted by Gasteiger charge is -2.32. The Hall–Kier alpha value is -2.37.